The van der Waals surface area contributed by atoms with Gasteiger partial charge < -0.3 is 4.90 Å². The van der Waals surface area contributed by atoms with Crippen molar-refractivity contribution < 1.29 is 8.42 Å². The van der Waals surface area contributed by atoms with Crippen LogP contribution in [-0.4, -0.2) is 50.3 Å². The number of piperidine rings is 1. The third-order valence-corrected chi connectivity index (χ3v) is 6.06. The summed E-state index contributed by atoms with van der Waals surface area (Å²) in [5, 5.41) is 1.92. The van der Waals surface area contributed by atoms with E-state index in [0.29, 0.717) is 5.02 Å². The number of hydrogen-bond donors (Lipinski definition) is 0. The van der Waals surface area contributed by atoms with Crippen molar-refractivity contribution in [3.8, 4) is 0 Å². The average Bonchev–Trinajstić information content (AvgIpc) is 2.54. The number of benzene rings is 1. The van der Waals surface area contributed by atoms with Gasteiger partial charge >= 0.3 is 0 Å². The SMILES string of the molecule is CCN1CCC(N(C)S(=O)(=O)/C=C/c2ccc(Cl)cc2)CC1. The average molecular weight is 343 g/mol. The number of nitrogens with zero attached hydrogens (tertiary/aromatic N) is 2. The van der Waals surface area contributed by atoms with Crippen LogP contribution < -0.4 is 0 Å². The van der Waals surface area contributed by atoms with Crippen LogP contribution in [-0.2, 0) is 10.0 Å². The van der Waals surface area contributed by atoms with Gasteiger partial charge in [0.15, 0.2) is 0 Å². The van der Waals surface area contributed by atoms with Gasteiger partial charge in [-0.25, -0.2) is 8.42 Å². The summed E-state index contributed by atoms with van der Waals surface area (Å²) < 4.78 is 26.3. The van der Waals surface area contributed by atoms with Gasteiger partial charge in [0.2, 0.25) is 10.0 Å². The molecular weight excluding hydrogens is 320 g/mol. The Bertz CT molecular complexity index is 606. The zero-order valence-corrected chi connectivity index (χ0v) is 14.6. The summed E-state index contributed by atoms with van der Waals surface area (Å²) in [7, 11) is -1.72. The van der Waals surface area contributed by atoms with E-state index in [1.807, 2.05) is 0 Å². The first-order valence-corrected chi connectivity index (χ1v) is 9.44. The molecule has 1 heterocycles. The van der Waals surface area contributed by atoms with Gasteiger partial charge in [0.05, 0.1) is 0 Å². The molecule has 1 aliphatic heterocycles. The Balaban J connectivity index is 2.01. The molecular formula is C16H23ClN2O2S. The molecule has 1 aliphatic rings. The maximum atomic E-state index is 12.4. The van der Waals surface area contributed by atoms with Crippen molar-refractivity contribution in [3.05, 3.63) is 40.3 Å². The van der Waals surface area contributed by atoms with Crippen molar-refractivity contribution >= 4 is 27.7 Å². The third-order valence-electron chi connectivity index (χ3n) is 4.22. The van der Waals surface area contributed by atoms with Crippen LogP contribution in [0.5, 0.6) is 0 Å². The molecule has 0 aromatic heterocycles. The van der Waals surface area contributed by atoms with Gasteiger partial charge in [0, 0.05) is 23.5 Å². The van der Waals surface area contributed by atoms with Gasteiger partial charge in [-0.05, 0) is 56.2 Å². The van der Waals surface area contributed by atoms with E-state index in [2.05, 4.69) is 11.8 Å². The van der Waals surface area contributed by atoms with Crippen molar-refractivity contribution in [2.75, 3.05) is 26.7 Å². The molecule has 4 nitrogen and oxygen atoms in total. The Hall–Kier alpha value is -0.880. The molecule has 0 unspecified atom stereocenters. The van der Waals surface area contributed by atoms with E-state index < -0.39 is 10.0 Å². The van der Waals surface area contributed by atoms with Crippen LogP contribution in [0.25, 0.3) is 6.08 Å². The second kappa shape index (κ2) is 7.59. The lowest BCUT2D eigenvalue weighted by Crippen LogP contribution is -2.44. The first kappa shape index (κ1) is 17.5. The Morgan fingerprint density at radius 3 is 2.41 bits per heavy atom. The van der Waals surface area contributed by atoms with Crippen LogP contribution >= 0.6 is 11.6 Å². The highest BCUT2D eigenvalue weighted by Gasteiger charge is 2.27. The molecule has 1 saturated heterocycles. The number of likely N-dealkylation sites (tertiary alicyclic amines) is 1. The van der Waals surface area contributed by atoms with E-state index in [-0.39, 0.29) is 6.04 Å². The van der Waals surface area contributed by atoms with Gasteiger partial charge in [-0.3, -0.25) is 0 Å². The number of hydrogen-bond acceptors (Lipinski definition) is 3. The molecule has 122 valence electrons. The van der Waals surface area contributed by atoms with Gasteiger partial charge in [-0.15, -0.1) is 0 Å². The molecule has 0 radical (unpaired) electrons. The molecule has 0 bridgehead atoms. The summed E-state index contributed by atoms with van der Waals surface area (Å²) in [5.74, 6) is 0. The molecule has 1 aromatic rings. The molecule has 0 saturated carbocycles. The van der Waals surface area contributed by atoms with E-state index in [9.17, 15) is 8.42 Å². The molecule has 22 heavy (non-hydrogen) atoms. The monoisotopic (exact) mass is 342 g/mol. The molecule has 2 rings (SSSR count). The van der Waals surface area contributed by atoms with Crippen LogP contribution in [0.3, 0.4) is 0 Å². The van der Waals surface area contributed by atoms with Crippen LogP contribution in [0.2, 0.25) is 5.02 Å². The van der Waals surface area contributed by atoms with Crippen LogP contribution in [0, 0.1) is 0 Å². The Morgan fingerprint density at radius 2 is 1.86 bits per heavy atom. The zero-order valence-electron chi connectivity index (χ0n) is 13.1. The summed E-state index contributed by atoms with van der Waals surface area (Å²) in [5.41, 5.74) is 0.821. The highest BCUT2D eigenvalue weighted by atomic mass is 35.5. The zero-order chi connectivity index (χ0) is 16.2. The normalized spacial score (nSPS) is 18.4. The van der Waals surface area contributed by atoms with Crippen molar-refractivity contribution in [1.82, 2.24) is 9.21 Å². The maximum Gasteiger partial charge on any atom is 0.236 e. The minimum atomic E-state index is -3.39. The van der Waals surface area contributed by atoms with Gasteiger partial charge in [-0.1, -0.05) is 30.7 Å². The Morgan fingerprint density at radius 1 is 1.27 bits per heavy atom. The maximum absolute atomic E-state index is 12.4. The predicted molar refractivity (Wildman–Crippen MR) is 92.3 cm³/mol. The quantitative estimate of drug-likeness (QED) is 0.825. The third kappa shape index (κ3) is 4.56. The number of sulfonamides is 1. The molecule has 0 aliphatic carbocycles. The summed E-state index contributed by atoms with van der Waals surface area (Å²) in [6.45, 7) is 5.08. The lowest BCUT2D eigenvalue weighted by atomic mass is 10.1. The lowest BCUT2D eigenvalue weighted by molar-refractivity contribution is 0.177. The van der Waals surface area contributed by atoms with Crippen LogP contribution in [0.15, 0.2) is 29.7 Å². The fourth-order valence-corrected chi connectivity index (χ4v) is 3.91. The highest BCUT2D eigenvalue weighted by molar-refractivity contribution is 7.92. The molecule has 6 heteroatoms. The first-order valence-electron chi connectivity index (χ1n) is 7.56. The van der Waals surface area contributed by atoms with Crippen LogP contribution in [0.4, 0.5) is 0 Å². The summed E-state index contributed by atoms with van der Waals surface area (Å²) in [4.78, 5) is 2.35. The second-order valence-electron chi connectivity index (χ2n) is 5.58. The fourth-order valence-electron chi connectivity index (χ4n) is 2.64. The smallest absolute Gasteiger partial charge is 0.236 e. The highest BCUT2D eigenvalue weighted by Crippen LogP contribution is 2.19. The van der Waals surface area contributed by atoms with Gasteiger partial charge in [0.1, 0.15) is 0 Å². The van der Waals surface area contributed by atoms with E-state index in [1.165, 1.54) is 9.71 Å². The molecule has 0 N–H and O–H groups in total. The Labute approximate surface area is 138 Å². The standard InChI is InChI=1S/C16H23ClN2O2S/c1-3-19-11-8-16(9-12-19)18(2)22(20,21)13-10-14-4-6-15(17)7-5-14/h4-7,10,13,16H,3,8-9,11-12H2,1-2H3/b13-10+. The first-order chi connectivity index (χ1) is 10.4. The molecule has 0 atom stereocenters. The van der Waals surface area contributed by atoms with Gasteiger partial charge in [0.25, 0.3) is 0 Å². The summed E-state index contributed by atoms with van der Waals surface area (Å²) >= 11 is 5.82. The number of rotatable bonds is 5. The number of halogens is 1. The topological polar surface area (TPSA) is 40.6 Å². The van der Waals surface area contributed by atoms with Gasteiger partial charge in [-0.2, -0.15) is 4.31 Å². The molecule has 1 fully saturated rings. The lowest BCUT2D eigenvalue weighted by Gasteiger charge is -2.35. The molecule has 1 aromatic carbocycles. The van der Waals surface area contributed by atoms with Crippen molar-refractivity contribution in [1.29, 1.82) is 0 Å². The van der Waals surface area contributed by atoms with Crippen LogP contribution in [0.1, 0.15) is 25.3 Å². The van der Waals surface area contributed by atoms with E-state index in [0.717, 1.165) is 38.0 Å². The minimum Gasteiger partial charge on any atom is -0.303 e. The minimum absolute atomic E-state index is 0.0858. The van der Waals surface area contributed by atoms with E-state index in [4.69, 9.17) is 11.6 Å². The largest absolute Gasteiger partial charge is 0.303 e. The van der Waals surface area contributed by atoms with Crippen molar-refractivity contribution in [2.24, 2.45) is 0 Å². The summed E-state index contributed by atoms with van der Waals surface area (Å²) in [6, 6.07) is 7.18. The molecule has 0 amide bonds. The Kier molecular flexibility index (Phi) is 6.03. The van der Waals surface area contributed by atoms with Crippen molar-refractivity contribution in [2.45, 2.75) is 25.8 Å². The van der Waals surface area contributed by atoms with Crippen molar-refractivity contribution in [3.63, 3.8) is 0 Å². The predicted octanol–water partition coefficient (Wildman–Crippen LogP) is 3.06. The summed E-state index contributed by atoms with van der Waals surface area (Å²) in [6.07, 6.45) is 3.39. The fraction of sp³-hybridized carbons (Fsp3) is 0.500. The second-order valence-corrected chi connectivity index (χ2v) is 7.90. The van der Waals surface area contributed by atoms with E-state index >= 15 is 0 Å². The van der Waals surface area contributed by atoms with E-state index in [1.54, 1.807) is 37.4 Å². The molecule has 0 spiro atoms.